The van der Waals surface area contributed by atoms with Gasteiger partial charge in [0.2, 0.25) is 0 Å². The molecule has 1 fully saturated rings. The van der Waals surface area contributed by atoms with Gasteiger partial charge in [-0.3, -0.25) is 4.90 Å². The molecule has 1 heterocycles. The maximum atomic E-state index is 9.09. The third-order valence-corrected chi connectivity index (χ3v) is 1.93. The van der Waals surface area contributed by atoms with E-state index in [1.54, 1.807) is 0 Å². The molecule has 0 spiro atoms. The lowest BCUT2D eigenvalue weighted by Crippen LogP contribution is -2.30. The van der Waals surface area contributed by atoms with E-state index < -0.39 is 0 Å². The summed E-state index contributed by atoms with van der Waals surface area (Å²) in [6, 6.07) is 2.10. The van der Waals surface area contributed by atoms with Crippen molar-refractivity contribution in [1.82, 2.24) is 4.90 Å². The minimum absolute atomic E-state index is 0.0443. The number of likely N-dealkylation sites (tertiary alicyclic amines) is 1. The second kappa shape index (κ2) is 3.00. The van der Waals surface area contributed by atoms with Gasteiger partial charge in [0.25, 0.3) is 0 Å². The summed E-state index contributed by atoms with van der Waals surface area (Å²) in [5.74, 6) is 0. The summed E-state index contributed by atoms with van der Waals surface area (Å²) < 4.78 is 0. The van der Waals surface area contributed by atoms with Crippen LogP contribution in [-0.4, -0.2) is 35.2 Å². The number of rotatable bonds is 1. The third kappa shape index (κ3) is 1.47. The molecule has 1 aliphatic heterocycles. The van der Waals surface area contributed by atoms with Gasteiger partial charge in [0, 0.05) is 13.1 Å². The van der Waals surface area contributed by atoms with Crippen molar-refractivity contribution in [2.75, 3.05) is 13.1 Å². The van der Waals surface area contributed by atoms with Gasteiger partial charge in [-0.25, -0.2) is 0 Å². The molecule has 0 amide bonds. The Balaban J connectivity index is 2.39. The lowest BCUT2D eigenvalue weighted by Gasteiger charge is -2.16. The molecule has 1 aliphatic rings. The molecule has 3 nitrogen and oxygen atoms in total. The van der Waals surface area contributed by atoms with Crippen molar-refractivity contribution in [2.24, 2.45) is 0 Å². The maximum absolute atomic E-state index is 9.09. The van der Waals surface area contributed by atoms with Gasteiger partial charge < -0.3 is 5.11 Å². The van der Waals surface area contributed by atoms with Crippen LogP contribution in [0.15, 0.2) is 0 Å². The van der Waals surface area contributed by atoms with E-state index in [2.05, 4.69) is 6.07 Å². The topological polar surface area (TPSA) is 47.3 Å². The number of hydrogen-bond acceptors (Lipinski definition) is 3. The SMILES string of the molecule is CC(C#N)N1CC[C@H](O)C1. The van der Waals surface area contributed by atoms with E-state index in [4.69, 9.17) is 10.4 Å². The molecule has 0 aromatic rings. The molecule has 0 aromatic heterocycles. The Bertz CT molecular complexity index is 152. The minimum atomic E-state index is -0.212. The van der Waals surface area contributed by atoms with Gasteiger partial charge in [-0.15, -0.1) is 0 Å². The first kappa shape index (κ1) is 7.52. The van der Waals surface area contributed by atoms with Crippen LogP contribution in [0.5, 0.6) is 0 Å². The predicted octanol–water partition coefficient (Wildman–Crippen LogP) is -0.0349. The van der Waals surface area contributed by atoms with Crippen LogP contribution in [0, 0.1) is 11.3 Å². The van der Waals surface area contributed by atoms with Gasteiger partial charge in [-0.1, -0.05) is 0 Å². The molecule has 1 rings (SSSR count). The van der Waals surface area contributed by atoms with Crippen LogP contribution in [0.2, 0.25) is 0 Å². The lowest BCUT2D eigenvalue weighted by molar-refractivity contribution is 0.171. The fourth-order valence-corrected chi connectivity index (χ4v) is 1.20. The molecule has 0 radical (unpaired) electrons. The Morgan fingerprint density at radius 3 is 2.90 bits per heavy atom. The molecule has 1 unspecified atom stereocenters. The molecule has 2 atom stereocenters. The van der Waals surface area contributed by atoms with Crippen molar-refractivity contribution in [3.8, 4) is 6.07 Å². The van der Waals surface area contributed by atoms with Crippen LogP contribution in [0.3, 0.4) is 0 Å². The number of aliphatic hydroxyl groups is 1. The van der Waals surface area contributed by atoms with E-state index in [0.717, 1.165) is 13.0 Å². The summed E-state index contributed by atoms with van der Waals surface area (Å²) in [6.07, 6.45) is 0.599. The van der Waals surface area contributed by atoms with Gasteiger partial charge in [0.1, 0.15) is 0 Å². The number of hydrogen-bond donors (Lipinski definition) is 1. The first-order valence-corrected chi connectivity index (χ1v) is 3.55. The average Bonchev–Trinajstić information content (AvgIpc) is 2.34. The van der Waals surface area contributed by atoms with Crippen LogP contribution in [-0.2, 0) is 0 Å². The Hall–Kier alpha value is -0.590. The minimum Gasteiger partial charge on any atom is -0.392 e. The summed E-state index contributed by atoms with van der Waals surface area (Å²) in [6.45, 7) is 3.38. The molecule has 1 saturated heterocycles. The zero-order valence-electron chi connectivity index (χ0n) is 6.12. The zero-order valence-corrected chi connectivity index (χ0v) is 6.12. The average molecular weight is 140 g/mol. The molecule has 0 saturated carbocycles. The summed E-state index contributed by atoms with van der Waals surface area (Å²) in [7, 11) is 0. The van der Waals surface area contributed by atoms with Crippen LogP contribution < -0.4 is 0 Å². The van der Waals surface area contributed by atoms with E-state index in [0.29, 0.717) is 6.54 Å². The summed E-state index contributed by atoms with van der Waals surface area (Å²) in [5, 5.41) is 17.6. The summed E-state index contributed by atoms with van der Waals surface area (Å²) in [4.78, 5) is 1.99. The standard InChI is InChI=1S/C7H12N2O/c1-6(4-8)9-3-2-7(10)5-9/h6-7,10H,2-3,5H2,1H3/t6?,7-/m0/s1. The van der Waals surface area contributed by atoms with Crippen LogP contribution in [0.25, 0.3) is 0 Å². The molecular weight excluding hydrogens is 128 g/mol. The van der Waals surface area contributed by atoms with Crippen molar-refractivity contribution in [3.63, 3.8) is 0 Å². The van der Waals surface area contributed by atoms with Crippen LogP contribution in [0.4, 0.5) is 0 Å². The Labute approximate surface area is 60.9 Å². The van der Waals surface area contributed by atoms with Gasteiger partial charge in [0.15, 0.2) is 0 Å². The van der Waals surface area contributed by atoms with Crippen molar-refractivity contribution < 1.29 is 5.11 Å². The molecule has 10 heavy (non-hydrogen) atoms. The summed E-state index contributed by atoms with van der Waals surface area (Å²) in [5.41, 5.74) is 0. The molecule has 3 heteroatoms. The fraction of sp³-hybridized carbons (Fsp3) is 0.857. The lowest BCUT2D eigenvalue weighted by atomic mass is 10.3. The maximum Gasteiger partial charge on any atom is 0.0950 e. The molecule has 0 aromatic carbocycles. The van der Waals surface area contributed by atoms with E-state index in [-0.39, 0.29) is 12.1 Å². The van der Waals surface area contributed by atoms with E-state index in [1.165, 1.54) is 0 Å². The molecule has 0 bridgehead atoms. The molecular formula is C7H12N2O. The van der Waals surface area contributed by atoms with Gasteiger partial charge in [-0.2, -0.15) is 5.26 Å². The van der Waals surface area contributed by atoms with E-state index in [1.807, 2.05) is 11.8 Å². The normalized spacial score (nSPS) is 29.9. The predicted molar refractivity (Wildman–Crippen MR) is 37.3 cm³/mol. The number of nitriles is 1. The fourth-order valence-electron chi connectivity index (χ4n) is 1.20. The van der Waals surface area contributed by atoms with E-state index in [9.17, 15) is 0 Å². The van der Waals surface area contributed by atoms with Crippen molar-refractivity contribution in [1.29, 1.82) is 5.26 Å². The van der Waals surface area contributed by atoms with Crippen LogP contribution >= 0.6 is 0 Å². The Morgan fingerprint density at radius 2 is 2.50 bits per heavy atom. The first-order valence-electron chi connectivity index (χ1n) is 3.55. The highest BCUT2D eigenvalue weighted by molar-refractivity contribution is 4.91. The second-order valence-electron chi connectivity index (χ2n) is 2.74. The van der Waals surface area contributed by atoms with Crippen molar-refractivity contribution >= 4 is 0 Å². The number of nitrogens with zero attached hydrogens (tertiary/aromatic N) is 2. The Morgan fingerprint density at radius 1 is 1.80 bits per heavy atom. The first-order chi connectivity index (χ1) is 4.74. The quantitative estimate of drug-likeness (QED) is 0.556. The number of aliphatic hydroxyl groups excluding tert-OH is 1. The van der Waals surface area contributed by atoms with Crippen LogP contribution in [0.1, 0.15) is 13.3 Å². The monoisotopic (exact) mass is 140 g/mol. The molecule has 0 aliphatic carbocycles. The zero-order chi connectivity index (χ0) is 7.56. The van der Waals surface area contributed by atoms with Crippen molar-refractivity contribution in [2.45, 2.75) is 25.5 Å². The second-order valence-corrected chi connectivity index (χ2v) is 2.74. The highest BCUT2D eigenvalue weighted by Gasteiger charge is 2.23. The third-order valence-electron chi connectivity index (χ3n) is 1.93. The van der Waals surface area contributed by atoms with Crippen molar-refractivity contribution in [3.05, 3.63) is 0 Å². The largest absolute Gasteiger partial charge is 0.392 e. The van der Waals surface area contributed by atoms with Gasteiger partial charge in [0.05, 0.1) is 18.2 Å². The smallest absolute Gasteiger partial charge is 0.0950 e. The molecule has 1 N–H and O–H groups in total. The number of β-amino-alcohol motifs (C(OH)–C–C–N with tert-alkyl or cyclic N) is 1. The highest BCUT2D eigenvalue weighted by Crippen LogP contribution is 2.11. The summed E-state index contributed by atoms with van der Waals surface area (Å²) >= 11 is 0. The highest BCUT2D eigenvalue weighted by atomic mass is 16.3. The van der Waals surface area contributed by atoms with E-state index >= 15 is 0 Å². The molecule has 56 valence electrons. The Kier molecular flexibility index (Phi) is 2.25. The van der Waals surface area contributed by atoms with Gasteiger partial charge >= 0.3 is 0 Å². The van der Waals surface area contributed by atoms with Gasteiger partial charge in [-0.05, 0) is 13.3 Å².